The summed E-state index contributed by atoms with van der Waals surface area (Å²) in [5.74, 6) is 0.297. The highest BCUT2D eigenvalue weighted by molar-refractivity contribution is 7.99. The lowest BCUT2D eigenvalue weighted by atomic mass is 9.92. The Balaban J connectivity index is 1.89. The molecule has 4 nitrogen and oxygen atoms in total. The van der Waals surface area contributed by atoms with E-state index >= 15 is 0 Å². The Kier molecular flexibility index (Phi) is 3.91. The normalized spacial score (nSPS) is 17.5. The van der Waals surface area contributed by atoms with Crippen LogP contribution in [0.1, 0.15) is 23.2 Å². The van der Waals surface area contributed by atoms with Gasteiger partial charge >= 0.3 is 5.97 Å². The number of rotatable bonds is 3. The van der Waals surface area contributed by atoms with E-state index in [1.807, 2.05) is 24.3 Å². The summed E-state index contributed by atoms with van der Waals surface area (Å²) in [6, 6.07) is 7.67. The van der Waals surface area contributed by atoms with Gasteiger partial charge in [-0.15, -0.1) is 11.3 Å². The number of carboxylic acids is 1. The zero-order valence-corrected chi connectivity index (χ0v) is 12.9. The Morgan fingerprint density at radius 3 is 2.62 bits per heavy atom. The molecule has 1 aromatic carbocycles. The van der Waals surface area contributed by atoms with E-state index < -0.39 is 11.5 Å². The van der Waals surface area contributed by atoms with E-state index in [1.54, 1.807) is 17.1 Å². The molecule has 0 atom stereocenters. The van der Waals surface area contributed by atoms with Gasteiger partial charge in [0, 0.05) is 15.5 Å². The lowest BCUT2D eigenvalue weighted by Crippen LogP contribution is -2.56. The van der Waals surface area contributed by atoms with E-state index in [2.05, 4.69) is 5.32 Å². The first-order valence-electron chi connectivity index (χ1n) is 6.72. The molecule has 0 unspecified atom stereocenters. The van der Waals surface area contributed by atoms with Gasteiger partial charge < -0.3 is 10.4 Å². The fraction of sp³-hybridized carbons (Fsp3) is 0.333. The van der Waals surface area contributed by atoms with Crippen LogP contribution in [-0.4, -0.2) is 34.0 Å². The van der Waals surface area contributed by atoms with Gasteiger partial charge in [-0.1, -0.05) is 18.2 Å². The molecule has 0 aliphatic carbocycles. The Morgan fingerprint density at radius 1 is 1.19 bits per heavy atom. The van der Waals surface area contributed by atoms with Crippen molar-refractivity contribution in [2.45, 2.75) is 18.4 Å². The summed E-state index contributed by atoms with van der Waals surface area (Å²) < 4.78 is 1.03. The van der Waals surface area contributed by atoms with Crippen molar-refractivity contribution in [3.8, 4) is 0 Å². The molecule has 1 fully saturated rings. The van der Waals surface area contributed by atoms with Crippen LogP contribution in [0.2, 0.25) is 0 Å². The smallest absolute Gasteiger partial charge is 0.329 e. The molecular weight excluding hydrogens is 306 g/mol. The third-order valence-electron chi connectivity index (χ3n) is 3.83. The minimum Gasteiger partial charge on any atom is -0.480 e. The molecular formula is C15H15NO3S2. The lowest BCUT2D eigenvalue weighted by Gasteiger charge is -2.33. The molecule has 21 heavy (non-hydrogen) atoms. The summed E-state index contributed by atoms with van der Waals surface area (Å²) in [5, 5.41) is 15.0. The molecule has 2 aromatic rings. The first-order chi connectivity index (χ1) is 10.1. The van der Waals surface area contributed by atoms with E-state index in [1.165, 1.54) is 11.3 Å². The van der Waals surface area contributed by atoms with E-state index in [0.29, 0.717) is 18.4 Å². The van der Waals surface area contributed by atoms with Crippen LogP contribution in [0, 0.1) is 0 Å². The van der Waals surface area contributed by atoms with E-state index in [9.17, 15) is 14.7 Å². The van der Waals surface area contributed by atoms with Gasteiger partial charge in [0.05, 0.1) is 5.56 Å². The average molecular weight is 321 g/mol. The van der Waals surface area contributed by atoms with Crippen LogP contribution >= 0.6 is 23.1 Å². The standard InChI is InChI=1S/C15H15NO3S2/c17-13(11-9-21-12-4-2-1-3-10(11)12)16-15(14(18)19)5-7-20-8-6-15/h1-4,9H,5-8H2,(H,16,17)(H,18,19). The number of carbonyl (C=O) groups excluding carboxylic acids is 1. The van der Waals surface area contributed by atoms with Gasteiger partial charge in [0.1, 0.15) is 5.54 Å². The van der Waals surface area contributed by atoms with E-state index in [4.69, 9.17) is 0 Å². The molecule has 1 aliphatic rings. The molecule has 0 saturated carbocycles. The van der Waals surface area contributed by atoms with Crippen LogP contribution in [0.15, 0.2) is 29.6 Å². The number of carbonyl (C=O) groups is 2. The zero-order chi connectivity index (χ0) is 14.9. The predicted octanol–water partition coefficient (Wildman–Crippen LogP) is 2.98. The number of fused-ring (bicyclic) bond motifs is 1. The highest BCUT2D eigenvalue weighted by Gasteiger charge is 2.41. The van der Waals surface area contributed by atoms with Gasteiger partial charge in [-0.3, -0.25) is 4.79 Å². The number of carboxylic acid groups (broad SMARTS) is 1. The van der Waals surface area contributed by atoms with Crippen molar-refractivity contribution in [3.05, 3.63) is 35.2 Å². The fourth-order valence-electron chi connectivity index (χ4n) is 2.55. The number of aliphatic carboxylic acids is 1. The van der Waals surface area contributed by atoms with Gasteiger partial charge in [-0.25, -0.2) is 4.79 Å². The Bertz CT molecular complexity index is 689. The monoisotopic (exact) mass is 321 g/mol. The molecule has 1 amide bonds. The van der Waals surface area contributed by atoms with Crippen molar-refractivity contribution in [1.29, 1.82) is 0 Å². The second kappa shape index (κ2) is 5.69. The molecule has 0 radical (unpaired) electrons. The molecule has 6 heteroatoms. The SMILES string of the molecule is O=C(NC1(C(=O)O)CCSCC1)c1csc2ccccc12. The summed E-state index contributed by atoms with van der Waals surface area (Å²) in [6.45, 7) is 0. The van der Waals surface area contributed by atoms with Crippen molar-refractivity contribution >= 4 is 45.1 Å². The maximum absolute atomic E-state index is 12.5. The van der Waals surface area contributed by atoms with Crippen LogP contribution in [0.25, 0.3) is 10.1 Å². The molecule has 0 bridgehead atoms. The highest BCUT2D eigenvalue weighted by atomic mass is 32.2. The molecule has 1 aliphatic heterocycles. The minimum atomic E-state index is -1.12. The summed E-state index contributed by atoms with van der Waals surface area (Å²) in [7, 11) is 0. The van der Waals surface area contributed by atoms with E-state index in [-0.39, 0.29) is 5.91 Å². The van der Waals surface area contributed by atoms with Crippen molar-refractivity contribution in [3.63, 3.8) is 0 Å². The highest BCUT2D eigenvalue weighted by Crippen LogP contribution is 2.30. The summed E-state index contributed by atoms with van der Waals surface area (Å²) >= 11 is 3.23. The van der Waals surface area contributed by atoms with Crippen LogP contribution in [0.4, 0.5) is 0 Å². The van der Waals surface area contributed by atoms with Crippen LogP contribution in [0.3, 0.4) is 0 Å². The van der Waals surface area contributed by atoms with Crippen molar-refractivity contribution < 1.29 is 14.7 Å². The third-order valence-corrected chi connectivity index (χ3v) is 5.78. The number of hydrogen-bond acceptors (Lipinski definition) is 4. The Labute approximate surface area is 130 Å². The largest absolute Gasteiger partial charge is 0.480 e. The molecule has 0 spiro atoms. The molecule has 3 rings (SSSR count). The van der Waals surface area contributed by atoms with Gasteiger partial charge in [0.15, 0.2) is 0 Å². The van der Waals surface area contributed by atoms with E-state index in [0.717, 1.165) is 21.6 Å². The number of thioether (sulfide) groups is 1. The molecule has 1 aromatic heterocycles. The minimum absolute atomic E-state index is 0.290. The Morgan fingerprint density at radius 2 is 1.90 bits per heavy atom. The summed E-state index contributed by atoms with van der Waals surface area (Å²) in [4.78, 5) is 24.1. The number of hydrogen-bond donors (Lipinski definition) is 2. The number of amides is 1. The molecule has 2 heterocycles. The molecule has 110 valence electrons. The lowest BCUT2D eigenvalue weighted by molar-refractivity contribution is -0.144. The van der Waals surface area contributed by atoms with Crippen LogP contribution < -0.4 is 5.32 Å². The van der Waals surface area contributed by atoms with Gasteiger partial charge in [-0.05, 0) is 30.4 Å². The van der Waals surface area contributed by atoms with Crippen LogP contribution in [-0.2, 0) is 4.79 Å². The predicted molar refractivity (Wildman–Crippen MR) is 86.2 cm³/mol. The summed E-state index contributed by atoms with van der Waals surface area (Å²) in [5.41, 5.74) is -0.555. The van der Waals surface area contributed by atoms with Crippen molar-refractivity contribution in [2.75, 3.05) is 11.5 Å². The van der Waals surface area contributed by atoms with Crippen molar-refractivity contribution in [2.24, 2.45) is 0 Å². The fourth-order valence-corrected chi connectivity index (χ4v) is 4.68. The third kappa shape index (κ3) is 2.65. The zero-order valence-electron chi connectivity index (χ0n) is 11.3. The maximum atomic E-state index is 12.5. The molecule has 2 N–H and O–H groups in total. The first kappa shape index (κ1) is 14.4. The molecule has 1 saturated heterocycles. The topological polar surface area (TPSA) is 66.4 Å². The summed E-state index contributed by atoms with van der Waals surface area (Å²) in [6.07, 6.45) is 0.946. The first-order valence-corrected chi connectivity index (χ1v) is 8.76. The van der Waals surface area contributed by atoms with Gasteiger partial charge in [0.25, 0.3) is 5.91 Å². The van der Waals surface area contributed by atoms with Crippen molar-refractivity contribution in [1.82, 2.24) is 5.32 Å². The number of thiophene rings is 1. The average Bonchev–Trinajstić information content (AvgIpc) is 2.92. The van der Waals surface area contributed by atoms with Gasteiger partial charge in [0.2, 0.25) is 0 Å². The number of benzene rings is 1. The van der Waals surface area contributed by atoms with Crippen LogP contribution in [0.5, 0.6) is 0 Å². The quantitative estimate of drug-likeness (QED) is 0.912. The maximum Gasteiger partial charge on any atom is 0.329 e. The Hall–Kier alpha value is -1.53. The number of nitrogens with one attached hydrogen (secondary N) is 1. The second-order valence-corrected chi connectivity index (χ2v) is 7.24. The van der Waals surface area contributed by atoms with Gasteiger partial charge in [-0.2, -0.15) is 11.8 Å². The second-order valence-electron chi connectivity index (χ2n) is 5.10.